The maximum absolute atomic E-state index is 11.6. The lowest BCUT2D eigenvalue weighted by molar-refractivity contribution is -0.137. The summed E-state index contributed by atoms with van der Waals surface area (Å²) in [7, 11) is -2.06. The third-order valence-electron chi connectivity index (χ3n) is 5.04. The molecule has 1 N–H and O–H groups in total. The van der Waals surface area contributed by atoms with Crippen LogP contribution in [-0.2, 0) is 15.1 Å². The maximum atomic E-state index is 11.6. The fraction of sp³-hybridized carbons (Fsp3) is 0.800. The lowest BCUT2D eigenvalue weighted by atomic mass is 9.83. The van der Waals surface area contributed by atoms with E-state index in [0.717, 1.165) is 64.2 Å². The number of carbonyl (C=O) groups is 1. The Kier molecular flexibility index (Phi) is 11.5. The maximum Gasteiger partial charge on any atom is 0.303 e. The van der Waals surface area contributed by atoms with Crippen LogP contribution < -0.4 is 0 Å². The van der Waals surface area contributed by atoms with Crippen molar-refractivity contribution in [1.29, 1.82) is 0 Å². The van der Waals surface area contributed by atoms with E-state index in [1.54, 1.807) is 0 Å². The Hall–Kier alpha value is -1.10. The predicted octanol–water partition coefficient (Wildman–Crippen LogP) is 5.02. The summed E-state index contributed by atoms with van der Waals surface area (Å²) >= 11 is 0. The molecule has 0 amide bonds. The van der Waals surface area contributed by atoms with E-state index in [1.807, 2.05) is 0 Å². The Balaban J connectivity index is 2.26. The van der Waals surface area contributed by atoms with Crippen LogP contribution in [0.15, 0.2) is 12.2 Å². The van der Waals surface area contributed by atoms with E-state index in [2.05, 4.69) is 19.1 Å². The first-order valence-electron chi connectivity index (χ1n) is 9.89. The standard InChI is InChI=1S/C20H34O4S/c1-2-3-8-12-18-15-14-17(16-19(18)25(23)24)11-9-6-4-5-7-10-13-20(21)22/h14-15,17-18H,2-13,16H2,1H3,(H,21,22). The first-order valence-corrected chi connectivity index (χ1v) is 11.0. The Morgan fingerprint density at radius 1 is 1.00 bits per heavy atom. The zero-order chi connectivity index (χ0) is 18.5. The van der Waals surface area contributed by atoms with Gasteiger partial charge in [-0.3, -0.25) is 4.79 Å². The van der Waals surface area contributed by atoms with E-state index in [1.165, 1.54) is 6.42 Å². The fourth-order valence-electron chi connectivity index (χ4n) is 3.53. The second-order valence-electron chi connectivity index (χ2n) is 7.21. The Bertz CT molecular complexity index is 540. The summed E-state index contributed by atoms with van der Waals surface area (Å²) < 4.78 is 23.1. The predicted molar refractivity (Wildman–Crippen MR) is 103 cm³/mol. The highest BCUT2D eigenvalue weighted by molar-refractivity contribution is 7.73. The smallest absolute Gasteiger partial charge is 0.303 e. The zero-order valence-electron chi connectivity index (χ0n) is 15.6. The highest BCUT2D eigenvalue weighted by Crippen LogP contribution is 2.27. The van der Waals surface area contributed by atoms with Gasteiger partial charge in [0.15, 0.2) is 0 Å². The molecule has 0 aromatic carbocycles. The number of unbranched alkanes of at least 4 members (excludes halogenated alkanes) is 7. The van der Waals surface area contributed by atoms with Gasteiger partial charge in [0.05, 0.1) is 4.86 Å². The van der Waals surface area contributed by atoms with Gasteiger partial charge in [-0.15, -0.1) is 0 Å². The second kappa shape index (κ2) is 13.2. The van der Waals surface area contributed by atoms with Crippen molar-refractivity contribution >= 4 is 21.1 Å². The monoisotopic (exact) mass is 370 g/mol. The highest BCUT2D eigenvalue weighted by Gasteiger charge is 2.22. The molecular weight excluding hydrogens is 336 g/mol. The molecule has 0 saturated heterocycles. The van der Waals surface area contributed by atoms with Gasteiger partial charge in [-0.05, 0) is 31.6 Å². The van der Waals surface area contributed by atoms with Crippen LogP contribution in [0.3, 0.4) is 0 Å². The van der Waals surface area contributed by atoms with Gasteiger partial charge in [0.25, 0.3) is 0 Å². The Morgan fingerprint density at radius 3 is 2.28 bits per heavy atom. The van der Waals surface area contributed by atoms with Crippen LogP contribution >= 0.6 is 0 Å². The number of hydrogen-bond donors (Lipinski definition) is 1. The molecule has 1 aliphatic rings. The SMILES string of the molecule is CCCCCC1C=CC(CCCCCCCCC(=O)O)CC1=S(=O)=O. The largest absolute Gasteiger partial charge is 0.481 e. The summed E-state index contributed by atoms with van der Waals surface area (Å²) in [5, 5.41) is 8.59. The van der Waals surface area contributed by atoms with Crippen LogP contribution in [0.1, 0.15) is 90.4 Å². The molecule has 1 rings (SSSR count). The van der Waals surface area contributed by atoms with E-state index in [9.17, 15) is 13.2 Å². The molecule has 0 saturated carbocycles. The molecule has 0 fully saturated rings. The van der Waals surface area contributed by atoms with Crippen LogP contribution in [-0.4, -0.2) is 24.4 Å². The lowest BCUT2D eigenvalue weighted by Gasteiger charge is -2.23. The third kappa shape index (κ3) is 9.83. The minimum absolute atomic E-state index is 0.121. The number of allylic oxidation sites excluding steroid dienone is 2. The van der Waals surface area contributed by atoms with Gasteiger partial charge in [-0.1, -0.05) is 70.4 Å². The van der Waals surface area contributed by atoms with Crippen molar-refractivity contribution in [3.8, 4) is 0 Å². The molecule has 25 heavy (non-hydrogen) atoms. The average molecular weight is 371 g/mol. The summed E-state index contributed by atoms with van der Waals surface area (Å²) in [6.07, 6.45) is 17.0. The summed E-state index contributed by atoms with van der Waals surface area (Å²) in [5.41, 5.74) is 0. The van der Waals surface area contributed by atoms with Crippen LogP contribution in [0.2, 0.25) is 0 Å². The third-order valence-corrected chi connectivity index (χ3v) is 5.94. The zero-order valence-corrected chi connectivity index (χ0v) is 16.4. The molecule has 0 bridgehead atoms. The van der Waals surface area contributed by atoms with Crippen LogP contribution in [0.5, 0.6) is 0 Å². The van der Waals surface area contributed by atoms with Crippen molar-refractivity contribution in [3.63, 3.8) is 0 Å². The number of carboxylic acids is 1. The average Bonchev–Trinajstić information content (AvgIpc) is 2.58. The van der Waals surface area contributed by atoms with Crippen LogP contribution in [0.25, 0.3) is 0 Å². The molecular formula is C20H34O4S. The molecule has 144 valence electrons. The normalized spacial score (nSPS) is 20.0. The van der Waals surface area contributed by atoms with E-state index in [0.29, 0.717) is 17.2 Å². The Morgan fingerprint density at radius 2 is 1.64 bits per heavy atom. The van der Waals surface area contributed by atoms with Gasteiger partial charge in [0, 0.05) is 12.3 Å². The van der Waals surface area contributed by atoms with Gasteiger partial charge in [-0.25, -0.2) is 0 Å². The minimum atomic E-state index is -2.06. The van der Waals surface area contributed by atoms with Crippen molar-refractivity contribution in [1.82, 2.24) is 0 Å². The first kappa shape index (κ1) is 21.9. The molecule has 1 aliphatic carbocycles. The van der Waals surface area contributed by atoms with Crippen molar-refractivity contribution in [2.24, 2.45) is 11.8 Å². The van der Waals surface area contributed by atoms with Crippen molar-refractivity contribution in [3.05, 3.63) is 12.2 Å². The van der Waals surface area contributed by atoms with Crippen molar-refractivity contribution < 1.29 is 18.3 Å². The highest BCUT2D eigenvalue weighted by atomic mass is 32.2. The summed E-state index contributed by atoms with van der Waals surface area (Å²) in [4.78, 5) is 11.1. The van der Waals surface area contributed by atoms with Gasteiger partial charge < -0.3 is 5.11 Å². The number of aliphatic carboxylic acids is 1. The minimum Gasteiger partial charge on any atom is -0.481 e. The van der Waals surface area contributed by atoms with Gasteiger partial charge in [0.1, 0.15) is 0 Å². The van der Waals surface area contributed by atoms with E-state index in [4.69, 9.17) is 5.11 Å². The molecule has 0 radical (unpaired) electrons. The van der Waals surface area contributed by atoms with Crippen LogP contribution in [0.4, 0.5) is 0 Å². The molecule has 0 spiro atoms. The van der Waals surface area contributed by atoms with Gasteiger partial charge in [-0.2, -0.15) is 8.42 Å². The van der Waals surface area contributed by atoms with E-state index < -0.39 is 16.3 Å². The molecule has 0 aromatic rings. The molecule has 2 atom stereocenters. The lowest BCUT2D eigenvalue weighted by Crippen LogP contribution is -2.21. The Labute approximate surface area is 154 Å². The molecule has 5 heteroatoms. The summed E-state index contributed by atoms with van der Waals surface area (Å²) in [6, 6.07) is 0. The molecule has 2 unspecified atom stereocenters. The van der Waals surface area contributed by atoms with Crippen molar-refractivity contribution in [2.75, 3.05) is 0 Å². The first-order chi connectivity index (χ1) is 12.0. The molecule has 0 aromatic heterocycles. The summed E-state index contributed by atoms with van der Waals surface area (Å²) in [6.45, 7) is 2.16. The summed E-state index contributed by atoms with van der Waals surface area (Å²) in [5.74, 6) is -0.224. The van der Waals surface area contributed by atoms with Gasteiger partial charge >= 0.3 is 5.97 Å². The number of hydrogen-bond acceptors (Lipinski definition) is 3. The van der Waals surface area contributed by atoms with E-state index in [-0.39, 0.29) is 12.3 Å². The number of carboxylic acid groups (broad SMARTS) is 1. The topological polar surface area (TPSA) is 71.4 Å². The second-order valence-corrected chi connectivity index (χ2v) is 8.20. The molecule has 4 nitrogen and oxygen atoms in total. The molecule has 0 heterocycles. The fourth-order valence-corrected chi connectivity index (χ4v) is 4.32. The number of rotatable bonds is 13. The molecule has 0 aliphatic heterocycles. The van der Waals surface area contributed by atoms with E-state index >= 15 is 0 Å². The van der Waals surface area contributed by atoms with Crippen molar-refractivity contribution in [2.45, 2.75) is 90.4 Å². The quantitative estimate of drug-likeness (QED) is 0.281. The van der Waals surface area contributed by atoms with Gasteiger partial charge in [0.2, 0.25) is 10.3 Å². The van der Waals surface area contributed by atoms with Crippen LogP contribution in [0, 0.1) is 11.8 Å².